The van der Waals surface area contributed by atoms with Gasteiger partial charge >= 0.3 is 5.97 Å². The molecule has 0 unspecified atom stereocenters. The van der Waals surface area contributed by atoms with Crippen LogP contribution in [0.2, 0.25) is 10.0 Å². The van der Waals surface area contributed by atoms with Crippen LogP contribution in [0.25, 0.3) is 6.08 Å². The molecule has 1 aromatic heterocycles. The number of nitrogens with zero attached hydrogens (tertiary/aromatic N) is 1. The topological polar surface area (TPSA) is 95.1 Å². The van der Waals surface area contributed by atoms with E-state index in [2.05, 4.69) is 15.5 Å². The normalized spacial score (nSPS) is 10.8. The fourth-order valence-electron chi connectivity index (χ4n) is 1.51. The first-order valence-electron chi connectivity index (χ1n) is 5.68. The zero-order chi connectivity index (χ0) is 15.4. The van der Waals surface area contributed by atoms with E-state index in [9.17, 15) is 9.59 Å². The number of carboxylic acid groups (broad SMARTS) is 1. The van der Waals surface area contributed by atoms with Crippen LogP contribution in [-0.4, -0.2) is 27.2 Å². The number of H-pyrrole nitrogens is 1. The highest BCUT2D eigenvalue weighted by molar-refractivity contribution is 6.34. The lowest BCUT2D eigenvalue weighted by atomic mass is 10.2. The third kappa shape index (κ3) is 4.34. The molecule has 3 N–H and O–H groups in total. The summed E-state index contributed by atoms with van der Waals surface area (Å²) >= 11 is 11.7. The Morgan fingerprint density at radius 2 is 1.86 bits per heavy atom. The summed E-state index contributed by atoms with van der Waals surface area (Å²) in [4.78, 5) is 22.3. The van der Waals surface area contributed by atoms with Gasteiger partial charge in [0.1, 0.15) is 5.69 Å². The van der Waals surface area contributed by atoms with Gasteiger partial charge in [0, 0.05) is 22.2 Å². The van der Waals surface area contributed by atoms with Gasteiger partial charge in [0.15, 0.2) is 5.82 Å². The molecule has 0 fully saturated rings. The first-order chi connectivity index (χ1) is 9.94. The smallest absolute Gasteiger partial charge is 0.353 e. The fraction of sp³-hybridized carbons (Fsp3) is 0. The number of rotatable bonds is 4. The maximum atomic E-state index is 11.7. The summed E-state index contributed by atoms with van der Waals surface area (Å²) in [7, 11) is 0. The monoisotopic (exact) mass is 325 g/mol. The highest BCUT2D eigenvalue weighted by atomic mass is 35.5. The Morgan fingerprint density at radius 3 is 2.43 bits per heavy atom. The Morgan fingerprint density at radius 1 is 1.19 bits per heavy atom. The molecule has 0 bridgehead atoms. The number of carbonyl (C=O) groups is 2. The highest BCUT2D eigenvalue weighted by Gasteiger charge is 2.08. The van der Waals surface area contributed by atoms with Crippen LogP contribution in [0.5, 0.6) is 0 Å². The molecule has 0 spiro atoms. The molecule has 8 heteroatoms. The first-order valence-corrected chi connectivity index (χ1v) is 6.43. The van der Waals surface area contributed by atoms with Gasteiger partial charge < -0.3 is 10.4 Å². The van der Waals surface area contributed by atoms with E-state index in [1.54, 1.807) is 18.2 Å². The van der Waals surface area contributed by atoms with Gasteiger partial charge in [-0.2, -0.15) is 5.10 Å². The molecule has 0 saturated heterocycles. The maximum absolute atomic E-state index is 11.7. The van der Waals surface area contributed by atoms with Crippen molar-refractivity contribution in [2.24, 2.45) is 0 Å². The van der Waals surface area contributed by atoms with Crippen LogP contribution in [0.3, 0.4) is 0 Å². The predicted octanol–water partition coefficient (Wildman–Crippen LogP) is 3.07. The first kappa shape index (κ1) is 15.1. The molecule has 6 nitrogen and oxygen atoms in total. The van der Waals surface area contributed by atoms with Crippen molar-refractivity contribution in [2.45, 2.75) is 0 Å². The lowest BCUT2D eigenvalue weighted by molar-refractivity contribution is -0.111. The number of aromatic nitrogens is 2. The average molecular weight is 326 g/mol. The van der Waals surface area contributed by atoms with Crippen LogP contribution >= 0.6 is 23.2 Å². The molecule has 21 heavy (non-hydrogen) atoms. The van der Waals surface area contributed by atoms with Gasteiger partial charge in [-0.1, -0.05) is 23.2 Å². The van der Waals surface area contributed by atoms with Crippen molar-refractivity contribution in [3.8, 4) is 0 Å². The van der Waals surface area contributed by atoms with Gasteiger partial charge in [-0.25, -0.2) is 4.79 Å². The van der Waals surface area contributed by atoms with E-state index in [0.29, 0.717) is 15.6 Å². The molecule has 0 aliphatic carbocycles. The summed E-state index contributed by atoms with van der Waals surface area (Å²) in [5.74, 6) is -1.51. The van der Waals surface area contributed by atoms with Crippen molar-refractivity contribution in [3.05, 3.63) is 51.6 Å². The number of hydrogen-bond donors (Lipinski definition) is 3. The molecule has 108 valence electrons. The van der Waals surface area contributed by atoms with Crippen molar-refractivity contribution >= 4 is 47.0 Å². The minimum atomic E-state index is -1.16. The summed E-state index contributed by atoms with van der Waals surface area (Å²) in [6.45, 7) is 0. The van der Waals surface area contributed by atoms with Gasteiger partial charge in [-0.05, 0) is 29.8 Å². The van der Waals surface area contributed by atoms with E-state index >= 15 is 0 Å². The fourth-order valence-corrected chi connectivity index (χ4v) is 2.05. The third-order valence-electron chi connectivity index (χ3n) is 2.37. The third-order valence-corrected chi connectivity index (χ3v) is 2.81. The largest absolute Gasteiger partial charge is 0.477 e. The Labute approximate surface area is 129 Å². The maximum Gasteiger partial charge on any atom is 0.353 e. The van der Waals surface area contributed by atoms with Crippen molar-refractivity contribution in [2.75, 3.05) is 5.32 Å². The van der Waals surface area contributed by atoms with Crippen LogP contribution in [-0.2, 0) is 4.79 Å². The van der Waals surface area contributed by atoms with E-state index in [0.717, 1.165) is 0 Å². The van der Waals surface area contributed by atoms with Gasteiger partial charge in [-0.15, -0.1) is 0 Å². The zero-order valence-electron chi connectivity index (χ0n) is 10.4. The number of halogens is 2. The summed E-state index contributed by atoms with van der Waals surface area (Å²) in [5.41, 5.74) is 0.548. The number of amides is 1. The summed E-state index contributed by atoms with van der Waals surface area (Å²) < 4.78 is 0. The van der Waals surface area contributed by atoms with E-state index in [1.807, 2.05) is 0 Å². The van der Waals surface area contributed by atoms with Gasteiger partial charge in [-0.3, -0.25) is 9.89 Å². The number of anilines is 1. The number of benzene rings is 1. The Hall–Kier alpha value is -2.31. The van der Waals surface area contributed by atoms with Crippen LogP contribution < -0.4 is 5.32 Å². The number of aromatic amines is 1. The second-order valence-electron chi connectivity index (χ2n) is 4.00. The minimum Gasteiger partial charge on any atom is -0.477 e. The van der Waals surface area contributed by atoms with Gasteiger partial charge in [0.2, 0.25) is 5.91 Å². The lowest BCUT2D eigenvalue weighted by Crippen LogP contribution is -2.07. The number of carboxylic acids is 1. The van der Waals surface area contributed by atoms with E-state index in [4.69, 9.17) is 28.3 Å². The SMILES string of the molecule is O=C(C=Cc1cc(Cl)cc(Cl)c1)Nc1cc(C(=O)O)[nH]n1. The summed E-state index contributed by atoms with van der Waals surface area (Å²) in [5, 5.41) is 18.0. The van der Waals surface area contributed by atoms with Crippen molar-refractivity contribution in [1.82, 2.24) is 10.2 Å². The van der Waals surface area contributed by atoms with Crippen LogP contribution in [0.15, 0.2) is 30.3 Å². The van der Waals surface area contributed by atoms with Crippen molar-refractivity contribution < 1.29 is 14.7 Å². The molecule has 0 saturated carbocycles. The molecule has 0 aliphatic heterocycles. The lowest BCUT2D eigenvalue weighted by Gasteiger charge is -1.98. The molecule has 0 atom stereocenters. The highest BCUT2D eigenvalue weighted by Crippen LogP contribution is 2.19. The quantitative estimate of drug-likeness (QED) is 0.753. The van der Waals surface area contributed by atoms with Crippen LogP contribution in [0.4, 0.5) is 5.82 Å². The Bertz CT molecular complexity index is 705. The molecule has 2 rings (SSSR count). The van der Waals surface area contributed by atoms with E-state index in [1.165, 1.54) is 18.2 Å². The molecular weight excluding hydrogens is 317 g/mol. The molecule has 1 amide bonds. The van der Waals surface area contributed by atoms with Gasteiger partial charge in [0.05, 0.1) is 0 Å². The van der Waals surface area contributed by atoms with Crippen LogP contribution in [0.1, 0.15) is 16.1 Å². The number of carbonyl (C=O) groups excluding carboxylic acids is 1. The molecule has 2 aromatic rings. The van der Waals surface area contributed by atoms with Crippen LogP contribution in [0, 0.1) is 0 Å². The molecule has 1 heterocycles. The summed E-state index contributed by atoms with van der Waals surface area (Å²) in [6.07, 6.45) is 2.79. The summed E-state index contributed by atoms with van der Waals surface area (Å²) in [6, 6.07) is 6.09. The molecule has 0 aliphatic rings. The molecular formula is C13H9Cl2N3O3. The second kappa shape index (κ2) is 6.43. The van der Waals surface area contributed by atoms with Crippen molar-refractivity contribution in [1.29, 1.82) is 0 Å². The van der Waals surface area contributed by atoms with E-state index < -0.39 is 11.9 Å². The zero-order valence-corrected chi connectivity index (χ0v) is 11.9. The molecule has 1 aromatic carbocycles. The Balaban J connectivity index is 2.03. The molecule has 0 radical (unpaired) electrons. The number of hydrogen-bond acceptors (Lipinski definition) is 3. The minimum absolute atomic E-state index is 0.115. The number of nitrogens with one attached hydrogen (secondary N) is 2. The van der Waals surface area contributed by atoms with Gasteiger partial charge in [0.25, 0.3) is 0 Å². The predicted molar refractivity (Wildman–Crippen MR) is 79.7 cm³/mol. The average Bonchev–Trinajstić information content (AvgIpc) is 2.84. The van der Waals surface area contributed by atoms with Crippen molar-refractivity contribution in [3.63, 3.8) is 0 Å². The standard InChI is InChI=1S/C13H9Cl2N3O3/c14-8-3-7(4-9(15)5-8)1-2-12(19)16-11-6-10(13(20)21)17-18-11/h1-6H,(H,20,21)(H2,16,17,18,19). The number of aromatic carboxylic acids is 1. The van der Waals surface area contributed by atoms with E-state index in [-0.39, 0.29) is 11.5 Å². The second-order valence-corrected chi connectivity index (χ2v) is 4.87. The Kier molecular flexibility index (Phi) is 4.62.